The third-order valence-electron chi connectivity index (χ3n) is 6.30. The van der Waals surface area contributed by atoms with Crippen molar-refractivity contribution in [3.05, 3.63) is 47.5 Å². The Morgan fingerprint density at radius 2 is 2.00 bits per heavy atom. The van der Waals surface area contributed by atoms with Crippen LogP contribution in [0, 0.1) is 6.92 Å². The zero-order valence-corrected chi connectivity index (χ0v) is 19.1. The molecule has 3 rings (SSSR count). The van der Waals surface area contributed by atoms with Crippen LogP contribution in [-0.2, 0) is 13.0 Å². The molecule has 1 aromatic heterocycles. The number of aromatic nitrogens is 3. The van der Waals surface area contributed by atoms with E-state index < -0.39 is 0 Å². The Bertz CT molecular complexity index is 823. The number of nitrogens with zero attached hydrogens (tertiary/aromatic N) is 4. The molecule has 0 saturated heterocycles. The first kappa shape index (κ1) is 22.3. The summed E-state index contributed by atoms with van der Waals surface area (Å²) in [5.74, 6) is 2.78. The van der Waals surface area contributed by atoms with Crippen LogP contribution >= 0.6 is 0 Å². The molecule has 164 valence electrons. The van der Waals surface area contributed by atoms with Gasteiger partial charge in [0.1, 0.15) is 11.6 Å². The molecule has 1 aliphatic rings. The Hall–Kier alpha value is -2.41. The van der Waals surface area contributed by atoms with Crippen LogP contribution in [0.1, 0.15) is 63.3 Å². The normalized spacial score (nSPS) is 18.0. The average molecular weight is 412 g/mol. The number of rotatable bonds is 8. The third kappa shape index (κ3) is 5.39. The number of aliphatic imine (C=N–C) groups is 1. The van der Waals surface area contributed by atoms with Crippen LogP contribution in [-0.4, -0.2) is 45.9 Å². The molecule has 0 bridgehead atoms. The topological polar surface area (TPSA) is 79.2 Å². The van der Waals surface area contributed by atoms with Gasteiger partial charge >= 0.3 is 0 Å². The van der Waals surface area contributed by atoms with Gasteiger partial charge in [0.05, 0.1) is 6.54 Å². The van der Waals surface area contributed by atoms with E-state index in [1.807, 2.05) is 18.7 Å². The predicted octanol–water partition coefficient (Wildman–Crippen LogP) is 2.98. The SMILES string of the molecule is CCC(CC)(CNC(=NC)NC1CCc2nc(C)nn2C1)NC(C)c1ccccc1. The summed E-state index contributed by atoms with van der Waals surface area (Å²) in [6.07, 6.45) is 4.06. The monoisotopic (exact) mass is 411 g/mol. The van der Waals surface area contributed by atoms with Gasteiger partial charge in [0, 0.05) is 37.6 Å². The number of hydrogen-bond donors (Lipinski definition) is 3. The number of hydrogen-bond acceptors (Lipinski definition) is 4. The molecule has 1 aromatic carbocycles. The molecule has 0 saturated carbocycles. The highest BCUT2D eigenvalue weighted by Gasteiger charge is 2.29. The van der Waals surface area contributed by atoms with Crippen molar-refractivity contribution >= 4 is 5.96 Å². The summed E-state index contributed by atoms with van der Waals surface area (Å²) in [6.45, 7) is 10.3. The second-order valence-corrected chi connectivity index (χ2v) is 8.33. The van der Waals surface area contributed by atoms with Gasteiger partial charge in [-0.1, -0.05) is 44.2 Å². The van der Waals surface area contributed by atoms with Crippen molar-refractivity contribution < 1.29 is 0 Å². The number of benzene rings is 1. The molecule has 2 heterocycles. The Morgan fingerprint density at radius 1 is 1.27 bits per heavy atom. The highest BCUT2D eigenvalue weighted by Crippen LogP contribution is 2.21. The lowest BCUT2D eigenvalue weighted by Crippen LogP contribution is -2.56. The molecule has 2 atom stereocenters. The first-order valence-electron chi connectivity index (χ1n) is 11.2. The van der Waals surface area contributed by atoms with Gasteiger partial charge in [0.15, 0.2) is 5.96 Å². The lowest BCUT2D eigenvalue weighted by atomic mass is 9.90. The molecule has 7 nitrogen and oxygen atoms in total. The van der Waals surface area contributed by atoms with Crippen LogP contribution in [0.15, 0.2) is 35.3 Å². The molecule has 7 heteroatoms. The molecule has 1 aliphatic heterocycles. The van der Waals surface area contributed by atoms with Crippen LogP contribution < -0.4 is 16.0 Å². The van der Waals surface area contributed by atoms with E-state index >= 15 is 0 Å². The summed E-state index contributed by atoms with van der Waals surface area (Å²) in [6, 6.07) is 11.2. The maximum Gasteiger partial charge on any atom is 0.191 e. The zero-order valence-electron chi connectivity index (χ0n) is 19.1. The van der Waals surface area contributed by atoms with Crippen molar-refractivity contribution in [2.75, 3.05) is 13.6 Å². The Morgan fingerprint density at radius 3 is 2.67 bits per heavy atom. The van der Waals surface area contributed by atoms with E-state index in [1.165, 1.54) is 5.56 Å². The van der Waals surface area contributed by atoms with Crippen molar-refractivity contribution in [1.29, 1.82) is 0 Å². The first-order valence-corrected chi connectivity index (χ1v) is 11.2. The van der Waals surface area contributed by atoms with Gasteiger partial charge in [-0.05, 0) is 38.7 Å². The highest BCUT2D eigenvalue weighted by molar-refractivity contribution is 5.80. The summed E-state index contributed by atoms with van der Waals surface area (Å²) < 4.78 is 2.02. The molecule has 0 amide bonds. The number of aryl methyl sites for hydroxylation is 2. The van der Waals surface area contributed by atoms with Gasteiger partial charge in [0.25, 0.3) is 0 Å². The molecule has 2 unspecified atom stereocenters. The zero-order chi connectivity index (χ0) is 21.6. The fraction of sp³-hybridized carbons (Fsp3) is 0.609. The lowest BCUT2D eigenvalue weighted by molar-refractivity contribution is 0.270. The van der Waals surface area contributed by atoms with Crippen molar-refractivity contribution in [2.24, 2.45) is 4.99 Å². The van der Waals surface area contributed by atoms with Crippen molar-refractivity contribution in [1.82, 2.24) is 30.7 Å². The van der Waals surface area contributed by atoms with Crippen LogP contribution in [0.2, 0.25) is 0 Å². The smallest absolute Gasteiger partial charge is 0.191 e. The fourth-order valence-corrected chi connectivity index (χ4v) is 4.23. The largest absolute Gasteiger partial charge is 0.355 e. The van der Waals surface area contributed by atoms with Crippen LogP contribution in [0.25, 0.3) is 0 Å². The maximum atomic E-state index is 4.50. The quantitative estimate of drug-likeness (QED) is 0.460. The van der Waals surface area contributed by atoms with E-state index in [4.69, 9.17) is 0 Å². The van der Waals surface area contributed by atoms with Crippen molar-refractivity contribution in [3.8, 4) is 0 Å². The van der Waals surface area contributed by atoms with E-state index in [1.54, 1.807) is 0 Å². The standard InChI is InChI=1S/C23H37N7/c1-6-23(7-2,28-17(3)19-11-9-8-10-12-19)16-25-22(24-5)27-20-13-14-21-26-18(4)29-30(21)15-20/h8-12,17,20,28H,6-7,13-16H2,1-5H3,(H2,24,25,27). The van der Waals surface area contributed by atoms with E-state index in [0.717, 1.165) is 56.4 Å². The van der Waals surface area contributed by atoms with Gasteiger partial charge in [-0.15, -0.1) is 0 Å². The van der Waals surface area contributed by atoms with Crippen molar-refractivity contribution in [2.45, 2.75) is 77.5 Å². The van der Waals surface area contributed by atoms with Gasteiger partial charge < -0.3 is 16.0 Å². The molecule has 0 aliphatic carbocycles. The Balaban J connectivity index is 1.58. The molecular formula is C23H37N7. The summed E-state index contributed by atoms with van der Waals surface area (Å²) in [7, 11) is 1.84. The Labute approximate surface area is 180 Å². The third-order valence-corrected chi connectivity index (χ3v) is 6.30. The Kier molecular flexibility index (Phi) is 7.48. The van der Waals surface area contributed by atoms with Gasteiger partial charge in [0.2, 0.25) is 0 Å². The average Bonchev–Trinajstić information content (AvgIpc) is 3.15. The second-order valence-electron chi connectivity index (χ2n) is 8.33. The van der Waals surface area contributed by atoms with E-state index in [2.05, 4.69) is 82.1 Å². The highest BCUT2D eigenvalue weighted by atomic mass is 15.4. The minimum atomic E-state index is -0.00434. The van der Waals surface area contributed by atoms with E-state index in [9.17, 15) is 0 Å². The lowest BCUT2D eigenvalue weighted by Gasteiger charge is -2.37. The minimum Gasteiger partial charge on any atom is -0.355 e. The van der Waals surface area contributed by atoms with Crippen LogP contribution in [0.3, 0.4) is 0 Å². The molecule has 0 spiro atoms. The minimum absolute atomic E-state index is 0.00434. The molecular weight excluding hydrogens is 374 g/mol. The van der Waals surface area contributed by atoms with Crippen molar-refractivity contribution in [3.63, 3.8) is 0 Å². The summed E-state index contributed by atoms with van der Waals surface area (Å²) in [4.78, 5) is 8.97. The van der Waals surface area contributed by atoms with Gasteiger partial charge in [-0.3, -0.25) is 4.99 Å². The molecule has 0 radical (unpaired) electrons. The van der Waals surface area contributed by atoms with E-state index in [0.29, 0.717) is 6.04 Å². The first-order chi connectivity index (χ1) is 14.5. The van der Waals surface area contributed by atoms with Crippen LogP contribution in [0.5, 0.6) is 0 Å². The number of guanidine groups is 1. The molecule has 0 fully saturated rings. The molecule has 3 N–H and O–H groups in total. The second kappa shape index (κ2) is 10.1. The number of fused-ring (bicyclic) bond motifs is 1. The maximum absolute atomic E-state index is 4.50. The fourth-order valence-electron chi connectivity index (χ4n) is 4.23. The predicted molar refractivity (Wildman–Crippen MR) is 123 cm³/mol. The van der Waals surface area contributed by atoms with Gasteiger partial charge in [-0.2, -0.15) is 5.10 Å². The summed E-state index contributed by atoms with van der Waals surface area (Å²) in [5.41, 5.74) is 1.31. The molecule has 2 aromatic rings. The van der Waals surface area contributed by atoms with E-state index in [-0.39, 0.29) is 11.6 Å². The van der Waals surface area contributed by atoms with Gasteiger partial charge in [-0.25, -0.2) is 9.67 Å². The van der Waals surface area contributed by atoms with Crippen LogP contribution in [0.4, 0.5) is 0 Å². The summed E-state index contributed by atoms with van der Waals surface area (Å²) in [5, 5.41) is 15.5. The summed E-state index contributed by atoms with van der Waals surface area (Å²) >= 11 is 0. The molecule has 30 heavy (non-hydrogen) atoms. The number of nitrogens with one attached hydrogen (secondary N) is 3.